The maximum absolute atomic E-state index is 2.44. The van der Waals surface area contributed by atoms with Gasteiger partial charge in [-0.1, -0.05) is 0 Å². The van der Waals surface area contributed by atoms with Crippen LogP contribution in [0.3, 0.4) is 0 Å². The van der Waals surface area contributed by atoms with Gasteiger partial charge in [-0.25, -0.2) is 0 Å². The Labute approximate surface area is 134 Å². The van der Waals surface area contributed by atoms with Crippen LogP contribution in [0.25, 0.3) is 0 Å². The van der Waals surface area contributed by atoms with Crippen LogP contribution in [-0.4, -0.2) is 22.6 Å². The van der Waals surface area contributed by atoms with E-state index in [1.165, 1.54) is 0 Å². The van der Waals surface area contributed by atoms with Gasteiger partial charge in [-0.3, -0.25) is 0 Å². The molecule has 0 aromatic rings. The first-order valence-electron chi connectivity index (χ1n) is 8.44. The molecule has 0 radical (unpaired) electrons. The van der Waals surface area contributed by atoms with Gasteiger partial charge in [0.1, 0.15) is 0 Å². The van der Waals surface area contributed by atoms with Crippen LogP contribution in [0.15, 0.2) is 48.6 Å². The number of allylic oxidation sites excluding steroid dienone is 8. The first kappa shape index (κ1) is 20.4. The molecular weight excluding hydrogens is 271 g/mol. The first-order valence-corrected chi connectivity index (χ1v) is 10.7. The second-order valence-corrected chi connectivity index (χ2v) is 11.9. The van der Waals surface area contributed by atoms with E-state index in [2.05, 4.69) is 104 Å². The van der Waals surface area contributed by atoms with Crippen molar-refractivity contribution in [3.8, 4) is 0 Å². The van der Waals surface area contributed by atoms with Crippen LogP contribution in [0.4, 0.5) is 0 Å². The SMILES string of the molecule is C/C=C/C(C)[PH](C(C)/C=C/C)(C(C)/C=C/C)C(C)/C=C/C. The molecule has 1 heteroatoms. The molecule has 4 unspecified atom stereocenters. The summed E-state index contributed by atoms with van der Waals surface area (Å²) in [5, 5.41) is 0. The van der Waals surface area contributed by atoms with E-state index in [1.54, 1.807) is 0 Å². The molecule has 0 spiro atoms. The van der Waals surface area contributed by atoms with Gasteiger partial charge in [-0.2, -0.15) is 0 Å². The molecule has 0 heterocycles. The molecule has 0 aliphatic carbocycles. The van der Waals surface area contributed by atoms with Gasteiger partial charge in [0.05, 0.1) is 0 Å². The summed E-state index contributed by atoms with van der Waals surface area (Å²) in [6, 6.07) is 0. The molecule has 0 saturated heterocycles. The predicted octanol–water partition coefficient (Wildman–Crippen LogP) is 6.59. The van der Waals surface area contributed by atoms with E-state index in [0.717, 1.165) is 0 Å². The molecule has 0 nitrogen and oxygen atoms in total. The minimum atomic E-state index is -1.64. The topological polar surface area (TPSA) is 0 Å². The summed E-state index contributed by atoms with van der Waals surface area (Å²) in [6.45, 7) is 18.3. The van der Waals surface area contributed by atoms with Crippen LogP contribution in [-0.2, 0) is 0 Å². The first-order chi connectivity index (χ1) is 9.93. The van der Waals surface area contributed by atoms with Crippen LogP contribution in [0.2, 0.25) is 0 Å². The molecule has 0 N–H and O–H groups in total. The summed E-state index contributed by atoms with van der Waals surface area (Å²) < 4.78 is 0. The van der Waals surface area contributed by atoms with Gasteiger partial charge in [0.25, 0.3) is 0 Å². The second-order valence-electron chi connectivity index (χ2n) is 6.26. The molecule has 122 valence electrons. The van der Waals surface area contributed by atoms with Crippen LogP contribution in [0.1, 0.15) is 55.4 Å². The summed E-state index contributed by atoms with van der Waals surface area (Å²) in [5.74, 6) is 0. The van der Waals surface area contributed by atoms with E-state index >= 15 is 0 Å². The third-order valence-corrected chi connectivity index (χ3v) is 12.2. The molecule has 0 aliphatic heterocycles. The fourth-order valence-corrected chi connectivity index (χ4v) is 11.4. The Hall–Kier alpha value is -0.610. The van der Waals surface area contributed by atoms with Crippen molar-refractivity contribution in [3.05, 3.63) is 48.6 Å². The van der Waals surface area contributed by atoms with Crippen molar-refractivity contribution in [2.45, 2.75) is 78.0 Å². The van der Waals surface area contributed by atoms with E-state index in [1.807, 2.05) is 0 Å². The van der Waals surface area contributed by atoms with Crippen molar-refractivity contribution in [1.82, 2.24) is 0 Å². The zero-order valence-electron chi connectivity index (χ0n) is 15.4. The Morgan fingerprint density at radius 2 is 0.667 bits per heavy atom. The zero-order chi connectivity index (χ0) is 16.5. The Morgan fingerprint density at radius 1 is 0.476 bits per heavy atom. The maximum atomic E-state index is 2.44. The van der Waals surface area contributed by atoms with Gasteiger partial charge in [0, 0.05) is 0 Å². The number of rotatable bonds is 8. The molecule has 4 atom stereocenters. The van der Waals surface area contributed by atoms with E-state index in [4.69, 9.17) is 0 Å². The molecule has 0 bridgehead atoms. The summed E-state index contributed by atoms with van der Waals surface area (Å²) >= 11 is 0. The Morgan fingerprint density at radius 3 is 0.810 bits per heavy atom. The van der Waals surface area contributed by atoms with E-state index in [-0.39, 0.29) is 0 Å². The number of hydrogen-bond acceptors (Lipinski definition) is 0. The molecule has 0 aliphatic rings. The Bertz CT molecular complexity index is 309. The van der Waals surface area contributed by atoms with Crippen LogP contribution < -0.4 is 0 Å². The molecule has 0 saturated carbocycles. The summed E-state index contributed by atoms with van der Waals surface area (Å²) in [7, 11) is -1.64. The van der Waals surface area contributed by atoms with E-state index in [0.29, 0.717) is 22.6 Å². The van der Waals surface area contributed by atoms with Crippen molar-refractivity contribution < 1.29 is 0 Å². The molecular formula is C20H37P. The van der Waals surface area contributed by atoms with Crippen LogP contribution in [0, 0.1) is 0 Å². The van der Waals surface area contributed by atoms with E-state index in [9.17, 15) is 0 Å². The fourth-order valence-electron chi connectivity index (χ4n) is 4.31. The average Bonchev–Trinajstić information content (AvgIpc) is 2.40. The van der Waals surface area contributed by atoms with Gasteiger partial charge in [-0.15, -0.1) is 0 Å². The van der Waals surface area contributed by atoms with Gasteiger partial charge in [0.15, 0.2) is 0 Å². The van der Waals surface area contributed by atoms with Crippen molar-refractivity contribution >= 4 is 7.26 Å². The van der Waals surface area contributed by atoms with E-state index < -0.39 is 7.26 Å². The molecule has 0 fully saturated rings. The summed E-state index contributed by atoms with van der Waals surface area (Å²) in [6.07, 6.45) is 18.7. The number of hydrogen-bond donors (Lipinski definition) is 0. The fraction of sp³-hybridized carbons (Fsp3) is 0.600. The second kappa shape index (κ2) is 10.2. The van der Waals surface area contributed by atoms with Crippen LogP contribution in [0.5, 0.6) is 0 Å². The predicted molar refractivity (Wildman–Crippen MR) is 105 cm³/mol. The zero-order valence-corrected chi connectivity index (χ0v) is 16.4. The monoisotopic (exact) mass is 308 g/mol. The summed E-state index contributed by atoms with van der Waals surface area (Å²) in [5.41, 5.74) is 2.63. The van der Waals surface area contributed by atoms with Crippen molar-refractivity contribution in [1.29, 1.82) is 0 Å². The molecule has 0 amide bonds. The van der Waals surface area contributed by atoms with Crippen molar-refractivity contribution in [2.24, 2.45) is 0 Å². The van der Waals surface area contributed by atoms with Crippen LogP contribution >= 0.6 is 7.26 Å². The molecule has 0 aromatic carbocycles. The summed E-state index contributed by atoms with van der Waals surface area (Å²) in [4.78, 5) is 0. The standard InChI is InChI=1S/C20H37P/c1-9-13-17(5)21(18(6)14-10-2,19(7)15-11-3)20(8)16-12-4/h9-21H,1-8H3/b13-9+,14-10+,15-11+,16-12+. The third kappa shape index (κ3) is 4.68. The average molecular weight is 308 g/mol. The quantitative estimate of drug-likeness (QED) is 0.350. The van der Waals surface area contributed by atoms with Gasteiger partial charge >= 0.3 is 134 Å². The van der Waals surface area contributed by atoms with Gasteiger partial charge in [0.2, 0.25) is 0 Å². The Kier molecular flexibility index (Phi) is 9.88. The van der Waals surface area contributed by atoms with Crippen molar-refractivity contribution in [3.63, 3.8) is 0 Å². The third-order valence-electron chi connectivity index (χ3n) is 5.08. The molecule has 0 rings (SSSR count). The minimum absolute atomic E-state index is 0.658. The normalized spacial score (nSPS) is 20.6. The van der Waals surface area contributed by atoms with Gasteiger partial charge in [-0.05, 0) is 0 Å². The molecule has 0 aromatic heterocycles. The Balaban J connectivity index is 6.16. The van der Waals surface area contributed by atoms with Crippen molar-refractivity contribution in [2.75, 3.05) is 0 Å². The molecule has 21 heavy (non-hydrogen) atoms. The van der Waals surface area contributed by atoms with Gasteiger partial charge < -0.3 is 0 Å².